The van der Waals surface area contributed by atoms with Crippen LogP contribution >= 0.6 is 0 Å². The smallest absolute Gasteiger partial charge is 0.417 e. The number of aromatic nitrogens is 1. The molecule has 2 heterocycles. The standard InChI is InChI=1S/C13H16F3N3O/c1-8(4-9-5-11(17)18-6-9)20-12-3-2-10(7-19-12)13(14,15)16/h2-3,5,7-9,18H,4,6,17H2,1H3/t8-,9-/m0/s1. The van der Waals surface area contributed by atoms with E-state index in [-0.39, 0.29) is 17.9 Å². The first-order valence-electron chi connectivity index (χ1n) is 6.25. The lowest BCUT2D eigenvalue weighted by Gasteiger charge is -2.16. The van der Waals surface area contributed by atoms with Crippen molar-refractivity contribution in [3.63, 3.8) is 0 Å². The lowest BCUT2D eigenvalue weighted by Crippen LogP contribution is -2.21. The first-order valence-corrected chi connectivity index (χ1v) is 6.25. The number of alkyl halides is 3. The van der Waals surface area contributed by atoms with Gasteiger partial charge in [0.05, 0.1) is 17.5 Å². The number of nitrogens with one attached hydrogen (secondary N) is 1. The van der Waals surface area contributed by atoms with Crippen LogP contribution in [0.25, 0.3) is 0 Å². The maximum Gasteiger partial charge on any atom is 0.417 e. The van der Waals surface area contributed by atoms with Crippen LogP contribution in [0.1, 0.15) is 18.9 Å². The maximum absolute atomic E-state index is 12.4. The van der Waals surface area contributed by atoms with Crippen LogP contribution in [0.2, 0.25) is 0 Å². The van der Waals surface area contributed by atoms with Gasteiger partial charge >= 0.3 is 6.18 Å². The van der Waals surface area contributed by atoms with Crippen LogP contribution in [0.4, 0.5) is 13.2 Å². The molecule has 0 radical (unpaired) electrons. The van der Waals surface area contributed by atoms with Crippen LogP contribution in [0.5, 0.6) is 5.88 Å². The molecule has 2 rings (SSSR count). The fourth-order valence-electron chi connectivity index (χ4n) is 2.07. The molecule has 0 spiro atoms. The van der Waals surface area contributed by atoms with Crippen LogP contribution in [0.3, 0.4) is 0 Å². The largest absolute Gasteiger partial charge is 0.475 e. The maximum atomic E-state index is 12.4. The van der Waals surface area contributed by atoms with Crippen LogP contribution in [-0.2, 0) is 6.18 Å². The quantitative estimate of drug-likeness (QED) is 0.892. The molecule has 20 heavy (non-hydrogen) atoms. The molecule has 0 saturated carbocycles. The summed E-state index contributed by atoms with van der Waals surface area (Å²) in [6.07, 6.45) is -1.13. The minimum atomic E-state index is -4.38. The van der Waals surface area contributed by atoms with Crippen molar-refractivity contribution in [1.29, 1.82) is 0 Å². The molecule has 1 aliphatic rings. The van der Waals surface area contributed by atoms with Crippen LogP contribution in [-0.4, -0.2) is 17.6 Å². The third-order valence-corrected chi connectivity index (χ3v) is 3.00. The number of pyridine rings is 1. The zero-order chi connectivity index (χ0) is 14.8. The topological polar surface area (TPSA) is 60.2 Å². The number of nitrogens with two attached hydrogens (primary N) is 1. The highest BCUT2D eigenvalue weighted by atomic mass is 19.4. The molecule has 0 unspecified atom stereocenters. The van der Waals surface area contributed by atoms with Gasteiger partial charge in [-0.3, -0.25) is 0 Å². The van der Waals surface area contributed by atoms with Gasteiger partial charge in [-0.25, -0.2) is 4.98 Å². The highest BCUT2D eigenvalue weighted by Gasteiger charge is 2.30. The number of ether oxygens (including phenoxy) is 1. The molecule has 2 atom stereocenters. The summed E-state index contributed by atoms with van der Waals surface area (Å²) in [5.41, 5.74) is 4.82. The summed E-state index contributed by atoms with van der Waals surface area (Å²) in [5.74, 6) is 1.10. The zero-order valence-electron chi connectivity index (χ0n) is 10.9. The Morgan fingerprint density at radius 2 is 2.25 bits per heavy atom. The van der Waals surface area contributed by atoms with Crippen molar-refractivity contribution in [1.82, 2.24) is 10.3 Å². The Hall–Kier alpha value is -1.92. The van der Waals surface area contributed by atoms with E-state index in [0.717, 1.165) is 25.2 Å². The molecule has 0 amide bonds. The molecule has 1 aromatic rings. The van der Waals surface area contributed by atoms with Crippen molar-refractivity contribution >= 4 is 0 Å². The van der Waals surface area contributed by atoms with E-state index in [4.69, 9.17) is 10.5 Å². The zero-order valence-corrected chi connectivity index (χ0v) is 10.9. The summed E-state index contributed by atoms with van der Waals surface area (Å²) in [7, 11) is 0. The molecular weight excluding hydrogens is 271 g/mol. The monoisotopic (exact) mass is 287 g/mol. The molecule has 1 aliphatic heterocycles. The van der Waals surface area contributed by atoms with Crippen LogP contribution in [0, 0.1) is 5.92 Å². The molecule has 0 aliphatic carbocycles. The average Bonchev–Trinajstić information content (AvgIpc) is 2.74. The van der Waals surface area contributed by atoms with Crippen molar-refractivity contribution in [3.05, 3.63) is 35.8 Å². The molecule has 0 aromatic carbocycles. The van der Waals surface area contributed by atoms with Gasteiger partial charge in [0.2, 0.25) is 5.88 Å². The normalized spacial score (nSPS) is 20.2. The highest BCUT2D eigenvalue weighted by molar-refractivity contribution is 5.20. The highest BCUT2D eigenvalue weighted by Crippen LogP contribution is 2.29. The molecule has 110 valence electrons. The molecule has 0 bridgehead atoms. The van der Waals surface area contributed by atoms with E-state index in [1.54, 1.807) is 0 Å². The minimum Gasteiger partial charge on any atom is -0.475 e. The third kappa shape index (κ3) is 3.79. The predicted molar refractivity (Wildman–Crippen MR) is 67.7 cm³/mol. The van der Waals surface area contributed by atoms with E-state index < -0.39 is 11.7 Å². The number of hydrogen-bond donors (Lipinski definition) is 2. The Kier molecular flexibility index (Phi) is 4.06. The van der Waals surface area contributed by atoms with Crippen LogP contribution < -0.4 is 15.8 Å². The average molecular weight is 287 g/mol. The lowest BCUT2D eigenvalue weighted by molar-refractivity contribution is -0.137. The van der Waals surface area contributed by atoms with E-state index in [2.05, 4.69) is 10.3 Å². The van der Waals surface area contributed by atoms with Gasteiger partial charge in [-0.2, -0.15) is 13.2 Å². The Labute approximate surface area is 114 Å². The van der Waals surface area contributed by atoms with Gasteiger partial charge in [-0.15, -0.1) is 0 Å². The Morgan fingerprint density at radius 1 is 1.50 bits per heavy atom. The molecular formula is C13H16F3N3O. The van der Waals surface area contributed by atoms with Gasteiger partial charge in [-0.05, 0) is 25.5 Å². The molecule has 0 saturated heterocycles. The second kappa shape index (κ2) is 5.60. The summed E-state index contributed by atoms with van der Waals surface area (Å²) in [4.78, 5) is 3.68. The van der Waals surface area contributed by atoms with E-state index in [1.807, 2.05) is 13.0 Å². The number of halogens is 3. The van der Waals surface area contributed by atoms with Crippen molar-refractivity contribution in [2.75, 3.05) is 6.54 Å². The summed E-state index contributed by atoms with van der Waals surface area (Å²) in [5, 5.41) is 3.01. The molecule has 0 fully saturated rings. The van der Waals surface area contributed by atoms with Crippen molar-refractivity contribution in [2.45, 2.75) is 25.6 Å². The minimum absolute atomic E-state index is 0.159. The van der Waals surface area contributed by atoms with Gasteiger partial charge in [0.1, 0.15) is 0 Å². The summed E-state index contributed by atoms with van der Waals surface area (Å²) in [6, 6.07) is 2.19. The number of hydrogen-bond acceptors (Lipinski definition) is 4. The SMILES string of the molecule is C[C@@H](C[C@H]1C=C(N)NC1)Oc1ccc(C(F)(F)F)cn1. The summed E-state index contributed by atoms with van der Waals surface area (Å²) < 4.78 is 42.7. The van der Waals surface area contributed by atoms with E-state index >= 15 is 0 Å². The van der Waals surface area contributed by atoms with Crippen LogP contribution in [0.15, 0.2) is 30.2 Å². The molecule has 3 N–H and O–H groups in total. The first-order chi connectivity index (χ1) is 9.34. The molecule has 7 heteroatoms. The number of nitrogens with zero attached hydrogens (tertiary/aromatic N) is 1. The van der Waals surface area contributed by atoms with Gasteiger partial charge in [0.15, 0.2) is 0 Å². The number of rotatable bonds is 4. The Balaban J connectivity index is 1.90. The Bertz CT molecular complexity index is 485. The summed E-state index contributed by atoms with van der Waals surface area (Å²) in [6.45, 7) is 2.60. The van der Waals surface area contributed by atoms with E-state index in [1.165, 1.54) is 6.07 Å². The van der Waals surface area contributed by atoms with E-state index in [0.29, 0.717) is 5.82 Å². The van der Waals surface area contributed by atoms with Gasteiger partial charge < -0.3 is 15.8 Å². The fourth-order valence-corrected chi connectivity index (χ4v) is 2.07. The Morgan fingerprint density at radius 3 is 2.75 bits per heavy atom. The van der Waals surface area contributed by atoms with Gasteiger partial charge in [0, 0.05) is 24.7 Å². The molecule has 1 aromatic heterocycles. The van der Waals surface area contributed by atoms with Crippen molar-refractivity contribution in [3.8, 4) is 5.88 Å². The van der Waals surface area contributed by atoms with Gasteiger partial charge in [0.25, 0.3) is 0 Å². The first kappa shape index (κ1) is 14.5. The van der Waals surface area contributed by atoms with Crippen molar-refractivity contribution in [2.24, 2.45) is 11.7 Å². The predicted octanol–water partition coefficient (Wildman–Crippen LogP) is 2.28. The summed E-state index contributed by atoms with van der Waals surface area (Å²) >= 11 is 0. The molecule has 4 nitrogen and oxygen atoms in total. The van der Waals surface area contributed by atoms with Gasteiger partial charge in [-0.1, -0.05) is 0 Å². The third-order valence-electron chi connectivity index (χ3n) is 3.00. The second-order valence-corrected chi connectivity index (χ2v) is 4.81. The van der Waals surface area contributed by atoms with Crippen molar-refractivity contribution < 1.29 is 17.9 Å². The second-order valence-electron chi connectivity index (χ2n) is 4.81. The van der Waals surface area contributed by atoms with E-state index in [9.17, 15) is 13.2 Å². The lowest BCUT2D eigenvalue weighted by atomic mass is 10.0. The fraction of sp³-hybridized carbons (Fsp3) is 0.462.